The average Bonchev–Trinajstić information content (AvgIpc) is 2.47. The lowest BCUT2D eigenvalue weighted by molar-refractivity contribution is -0.167. The topological polar surface area (TPSA) is 83.8 Å². The number of aliphatic hydroxyl groups is 2. The van der Waals surface area contributed by atoms with Crippen molar-refractivity contribution in [3.63, 3.8) is 0 Å². The van der Waals surface area contributed by atoms with Crippen molar-refractivity contribution in [1.82, 2.24) is 0 Å². The van der Waals surface area contributed by atoms with Crippen LogP contribution >= 0.6 is 0 Å². The van der Waals surface area contributed by atoms with Gasteiger partial charge in [0.25, 0.3) is 0 Å². The Hall–Kier alpha value is -1.20. The number of aliphatic hydroxyl groups excluding tert-OH is 2. The van der Waals surface area contributed by atoms with Crippen molar-refractivity contribution in [2.45, 2.75) is 72.0 Å². The molecule has 142 valence electrons. The molecule has 0 aromatic carbocycles. The van der Waals surface area contributed by atoms with Crippen LogP contribution < -0.4 is 0 Å². The van der Waals surface area contributed by atoms with Crippen molar-refractivity contribution in [2.75, 3.05) is 6.61 Å². The molecule has 0 heterocycles. The fourth-order valence-corrected chi connectivity index (χ4v) is 5.46. The zero-order chi connectivity index (χ0) is 19.0. The zero-order valence-corrected chi connectivity index (χ0v) is 15.9. The lowest BCUT2D eigenvalue weighted by Gasteiger charge is -2.60. The van der Waals surface area contributed by atoms with Gasteiger partial charge in [0.1, 0.15) is 5.78 Å². The summed E-state index contributed by atoms with van der Waals surface area (Å²) in [7, 11) is 0. The van der Waals surface area contributed by atoms with E-state index in [0.717, 1.165) is 5.57 Å². The van der Waals surface area contributed by atoms with Gasteiger partial charge in [-0.2, -0.15) is 0 Å². The lowest BCUT2D eigenvalue weighted by atomic mass is 9.45. The van der Waals surface area contributed by atoms with Crippen molar-refractivity contribution >= 4 is 11.8 Å². The van der Waals surface area contributed by atoms with Crippen LogP contribution in [0.1, 0.15) is 59.8 Å². The number of esters is 1. The van der Waals surface area contributed by atoms with Crippen LogP contribution in [0.25, 0.3) is 0 Å². The fraction of sp³-hybridized carbons (Fsp3) is 0.800. The van der Waals surface area contributed by atoms with E-state index in [4.69, 9.17) is 4.74 Å². The minimum atomic E-state index is -0.623. The Morgan fingerprint density at radius 3 is 2.44 bits per heavy atom. The number of hydrogen-bond acceptors (Lipinski definition) is 5. The average molecular weight is 352 g/mol. The second-order valence-corrected chi connectivity index (χ2v) is 8.67. The zero-order valence-electron chi connectivity index (χ0n) is 15.9. The predicted molar refractivity (Wildman–Crippen MR) is 94.7 cm³/mol. The van der Waals surface area contributed by atoms with E-state index in [1.165, 1.54) is 6.92 Å². The Morgan fingerprint density at radius 2 is 1.88 bits per heavy atom. The highest BCUT2D eigenvalue weighted by Gasteiger charge is 2.58. The molecule has 6 atom stereocenters. The van der Waals surface area contributed by atoms with Gasteiger partial charge >= 0.3 is 5.97 Å². The minimum Gasteiger partial charge on any atom is -0.465 e. The first-order valence-corrected chi connectivity index (χ1v) is 9.17. The summed E-state index contributed by atoms with van der Waals surface area (Å²) >= 11 is 0. The number of fused-ring (bicyclic) bond motifs is 1. The molecule has 0 amide bonds. The Bertz CT molecular complexity index is 556. The van der Waals surface area contributed by atoms with Gasteiger partial charge < -0.3 is 19.7 Å². The summed E-state index contributed by atoms with van der Waals surface area (Å²) in [6.07, 6.45) is 1.66. The maximum atomic E-state index is 11.5. The summed E-state index contributed by atoms with van der Waals surface area (Å²) in [6.45, 7) is 11.5. The molecule has 5 heteroatoms. The molecule has 2 N–H and O–H groups in total. The molecule has 0 saturated heterocycles. The molecule has 5 nitrogen and oxygen atoms in total. The third kappa shape index (κ3) is 3.98. The molecule has 0 bridgehead atoms. The van der Waals surface area contributed by atoms with Crippen molar-refractivity contribution in [3.05, 3.63) is 12.2 Å². The molecule has 0 aromatic rings. The van der Waals surface area contributed by atoms with E-state index in [-0.39, 0.29) is 35.6 Å². The molecule has 0 aromatic heterocycles. The van der Waals surface area contributed by atoms with Gasteiger partial charge in [-0.25, -0.2) is 0 Å². The van der Waals surface area contributed by atoms with Gasteiger partial charge in [0, 0.05) is 18.8 Å². The van der Waals surface area contributed by atoms with Crippen molar-refractivity contribution in [1.29, 1.82) is 0 Å². The summed E-state index contributed by atoms with van der Waals surface area (Å²) in [5.74, 6) is -0.166. The van der Waals surface area contributed by atoms with E-state index in [1.54, 1.807) is 6.92 Å². The molecular formula is C20H32O5. The van der Waals surface area contributed by atoms with Crippen molar-refractivity contribution < 1.29 is 24.5 Å². The molecular weight excluding hydrogens is 320 g/mol. The van der Waals surface area contributed by atoms with Gasteiger partial charge in [0.15, 0.2) is 0 Å². The molecule has 2 rings (SSSR count). The van der Waals surface area contributed by atoms with Crippen LogP contribution in [0.3, 0.4) is 0 Å². The van der Waals surface area contributed by atoms with E-state index in [0.29, 0.717) is 32.1 Å². The van der Waals surface area contributed by atoms with Crippen LogP contribution in [0, 0.1) is 22.7 Å². The van der Waals surface area contributed by atoms with Crippen LogP contribution in [0.5, 0.6) is 0 Å². The molecule has 25 heavy (non-hydrogen) atoms. The molecule has 0 radical (unpaired) electrons. The first-order chi connectivity index (χ1) is 11.5. The third-order valence-corrected chi connectivity index (χ3v) is 6.54. The first-order valence-electron chi connectivity index (χ1n) is 9.17. The molecule has 2 unspecified atom stereocenters. The molecule has 2 saturated carbocycles. The molecule has 2 aliphatic rings. The van der Waals surface area contributed by atoms with Crippen molar-refractivity contribution in [3.8, 4) is 0 Å². The number of ether oxygens (including phenoxy) is 1. The first kappa shape index (κ1) is 20.1. The molecule has 2 aliphatic carbocycles. The second kappa shape index (κ2) is 7.20. The quantitative estimate of drug-likeness (QED) is 0.587. The Balaban J connectivity index is 2.37. The Kier molecular flexibility index (Phi) is 5.79. The van der Waals surface area contributed by atoms with E-state index < -0.39 is 17.6 Å². The minimum absolute atomic E-state index is 0.0308. The summed E-state index contributed by atoms with van der Waals surface area (Å²) in [4.78, 5) is 22.8. The van der Waals surface area contributed by atoms with Crippen LogP contribution in [0.2, 0.25) is 0 Å². The van der Waals surface area contributed by atoms with E-state index >= 15 is 0 Å². The number of rotatable bonds is 5. The second-order valence-electron chi connectivity index (χ2n) is 8.67. The van der Waals surface area contributed by atoms with Crippen LogP contribution in [-0.4, -0.2) is 40.8 Å². The summed E-state index contributed by atoms with van der Waals surface area (Å²) < 4.78 is 5.31. The van der Waals surface area contributed by atoms with Gasteiger partial charge in [-0.1, -0.05) is 20.4 Å². The molecule has 0 aliphatic heterocycles. The maximum absolute atomic E-state index is 11.5. The number of ketones is 1. The van der Waals surface area contributed by atoms with Crippen molar-refractivity contribution in [2.24, 2.45) is 22.7 Å². The van der Waals surface area contributed by atoms with E-state index in [1.807, 2.05) is 6.92 Å². The SMILES string of the molecule is C=C1C(CCC(C)=O)[C@@]2(C)C[C@@H](O)C[C@](C)(COC(C)=O)C2C[C@H]1O. The number of hydrogen-bond donors (Lipinski definition) is 2. The highest BCUT2D eigenvalue weighted by molar-refractivity contribution is 5.75. The van der Waals surface area contributed by atoms with Gasteiger partial charge in [-0.15, -0.1) is 0 Å². The van der Waals surface area contributed by atoms with Gasteiger partial charge in [0.2, 0.25) is 0 Å². The Labute approximate surface area is 150 Å². The summed E-state index contributed by atoms with van der Waals surface area (Å²) in [5, 5.41) is 21.1. The Morgan fingerprint density at radius 1 is 1.24 bits per heavy atom. The van der Waals surface area contributed by atoms with E-state index in [9.17, 15) is 19.8 Å². The lowest BCUT2D eigenvalue weighted by Crippen LogP contribution is -2.58. The van der Waals surface area contributed by atoms with Crippen LogP contribution in [0.15, 0.2) is 12.2 Å². The normalized spacial score (nSPS) is 41.1. The maximum Gasteiger partial charge on any atom is 0.302 e. The van der Waals surface area contributed by atoms with Gasteiger partial charge in [-0.3, -0.25) is 4.79 Å². The number of Topliss-reactive ketones (excluding diaryl/α,β-unsaturated/α-hetero) is 1. The van der Waals surface area contributed by atoms with E-state index in [2.05, 4.69) is 13.5 Å². The number of carbonyl (C=O) groups excluding carboxylic acids is 2. The smallest absolute Gasteiger partial charge is 0.302 e. The van der Waals surface area contributed by atoms with Crippen LogP contribution in [0.4, 0.5) is 0 Å². The molecule has 0 spiro atoms. The third-order valence-electron chi connectivity index (χ3n) is 6.54. The monoisotopic (exact) mass is 352 g/mol. The number of carbonyl (C=O) groups is 2. The molecule has 2 fully saturated rings. The standard InChI is InChI=1S/C20H32O5/c1-12(21)6-7-16-13(2)17(24)8-18-19(4,11-25-14(3)22)9-15(23)10-20(16,18)5/h15-18,23-24H,2,6-11H2,1,3-5H3/t15-,16?,17+,18?,19+,20+/m0/s1. The highest BCUT2D eigenvalue weighted by atomic mass is 16.5. The van der Waals surface area contributed by atoms with Gasteiger partial charge in [0.05, 0.1) is 18.8 Å². The largest absolute Gasteiger partial charge is 0.465 e. The van der Waals surface area contributed by atoms with Gasteiger partial charge in [-0.05, 0) is 55.4 Å². The predicted octanol–water partition coefficient (Wildman–Crippen LogP) is 2.64. The summed E-state index contributed by atoms with van der Waals surface area (Å²) in [6, 6.07) is 0. The van der Waals surface area contributed by atoms with Crippen LogP contribution in [-0.2, 0) is 14.3 Å². The fourth-order valence-electron chi connectivity index (χ4n) is 5.46. The highest BCUT2D eigenvalue weighted by Crippen LogP contribution is 2.62. The summed E-state index contributed by atoms with van der Waals surface area (Å²) in [5.41, 5.74) is 0.0796.